The maximum atomic E-state index is 11.7. The average Bonchev–Trinajstić information content (AvgIpc) is 2.53. The molecule has 0 saturated heterocycles. The van der Waals surface area contributed by atoms with E-state index in [1.807, 2.05) is 13.8 Å². The molecular formula is C18H30O6. The number of ether oxygens (including phenoxy) is 3. The summed E-state index contributed by atoms with van der Waals surface area (Å²) in [5.41, 5.74) is 0. The highest BCUT2D eigenvalue weighted by Crippen LogP contribution is 2.28. The Bertz CT molecular complexity index is 454. The van der Waals surface area contributed by atoms with Crippen molar-refractivity contribution in [3.05, 3.63) is 24.5 Å². The predicted octanol–water partition coefficient (Wildman–Crippen LogP) is 3.45. The van der Waals surface area contributed by atoms with E-state index in [1.165, 1.54) is 13.0 Å². The smallest absolute Gasteiger partial charge is 0.431 e. The van der Waals surface area contributed by atoms with Gasteiger partial charge in [-0.25, -0.2) is 4.79 Å². The number of carbonyl (C=O) groups is 2. The van der Waals surface area contributed by atoms with Crippen molar-refractivity contribution in [3.63, 3.8) is 0 Å². The maximum Gasteiger partial charge on any atom is 0.508 e. The van der Waals surface area contributed by atoms with Gasteiger partial charge in [-0.3, -0.25) is 4.79 Å². The Morgan fingerprint density at radius 1 is 1.21 bits per heavy atom. The van der Waals surface area contributed by atoms with E-state index >= 15 is 0 Å². The highest BCUT2D eigenvalue weighted by Gasteiger charge is 2.35. The van der Waals surface area contributed by atoms with E-state index in [4.69, 9.17) is 14.2 Å². The summed E-state index contributed by atoms with van der Waals surface area (Å²) in [6, 6.07) is 0. The third-order valence-electron chi connectivity index (χ3n) is 3.77. The van der Waals surface area contributed by atoms with Crippen LogP contribution in [0.15, 0.2) is 24.5 Å². The molecule has 138 valence electrons. The number of esters is 1. The molecule has 0 amide bonds. The molecule has 1 N–H and O–H groups in total. The largest absolute Gasteiger partial charge is 0.508 e. The Morgan fingerprint density at radius 3 is 2.21 bits per heavy atom. The first-order chi connectivity index (χ1) is 11.1. The Labute approximate surface area is 144 Å². The fourth-order valence-corrected chi connectivity index (χ4v) is 2.52. The third-order valence-corrected chi connectivity index (χ3v) is 3.77. The van der Waals surface area contributed by atoms with E-state index < -0.39 is 30.3 Å². The fraction of sp³-hybridized carbons (Fsp3) is 0.667. The second-order valence-electron chi connectivity index (χ2n) is 6.10. The molecule has 0 aliphatic carbocycles. The van der Waals surface area contributed by atoms with Crippen molar-refractivity contribution < 1.29 is 28.9 Å². The van der Waals surface area contributed by atoms with Crippen LogP contribution in [0, 0.1) is 17.8 Å². The Balaban J connectivity index is 5.06. The minimum absolute atomic E-state index is 0.0269. The van der Waals surface area contributed by atoms with Gasteiger partial charge in [0.05, 0.1) is 6.10 Å². The van der Waals surface area contributed by atoms with E-state index in [2.05, 4.69) is 6.58 Å². The molecule has 24 heavy (non-hydrogen) atoms. The molecule has 0 radical (unpaired) electrons. The number of hydrogen-bond acceptors (Lipinski definition) is 6. The van der Waals surface area contributed by atoms with E-state index in [0.717, 1.165) is 0 Å². The van der Waals surface area contributed by atoms with Crippen molar-refractivity contribution >= 4 is 12.1 Å². The summed E-state index contributed by atoms with van der Waals surface area (Å²) in [7, 11) is 0. The molecule has 0 saturated carbocycles. The van der Waals surface area contributed by atoms with Gasteiger partial charge >= 0.3 is 12.1 Å². The molecule has 0 aromatic rings. The summed E-state index contributed by atoms with van der Waals surface area (Å²) in [6.45, 7) is 13.9. The minimum Gasteiger partial charge on any atom is -0.431 e. The van der Waals surface area contributed by atoms with E-state index in [1.54, 1.807) is 26.8 Å². The van der Waals surface area contributed by atoms with E-state index in [-0.39, 0.29) is 18.4 Å². The first kappa shape index (κ1) is 22.2. The van der Waals surface area contributed by atoms with Crippen molar-refractivity contribution in [2.75, 3.05) is 6.61 Å². The van der Waals surface area contributed by atoms with Crippen LogP contribution in [0.1, 0.15) is 41.5 Å². The molecule has 0 aromatic carbocycles. The van der Waals surface area contributed by atoms with Gasteiger partial charge in [0.15, 0.2) is 0 Å². The Morgan fingerprint density at radius 2 is 1.79 bits per heavy atom. The number of aliphatic hydroxyl groups excluding tert-OH is 1. The van der Waals surface area contributed by atoms with Crippen LogP contribution in [0.4, 0.5) is 4.79 Å². The number of carbonyl (C=O) groups excluding carboxylic acids is 2. The molecule has 0 spiro atoms. The highest BCUT2D eigenvalue weighted by atomic mass is 16.7. The zero-order chi connectivity index (χ0) is 18.9. The Kier molecular flexibility index (Phi) is 10.0. The topological polar surface area (TPSA) is 82.1 Å². The van der Waals surface area contributed by atoms with Crippen LogP contribution in [-0.4, -0.2) is 36.0 Å². The van der Waals surface area contributed by atoms with Crippen molar-refractivity contribution in [1.82, 2.24) is 0 Å². The summed E-state index contributed by atoms with van der Waals surface area (Å²) in [6.07, 6.45) is 0.881. The third kappa shape index (κ3) is 7.17. The van der Waals surface area contributed by atoms with Crippen LogP contribution < -0.4 is 0 Å². The van der Waals surface area contributed by atoms with Crippen LogP contribution in [-0.2, 0) is 19.0 Å². The lowest BCUT2D eigenvalue weighted by Gasteiger charge is -2.33. The summed E-state index contributed by atoms with van der Waals surface area (Å²) < 4.78 is 15.3. The van der Waals surface area contributed by atoms with Crippen molar-refractivity contribution in [1.29, 1.82) is 0 Å². The van der Waals surface area contributed by atoms with E-state index in [0.29, 0.717) is 5.76 Å². The lowest BCUT2D eigenvalue weighted by Crippen LogP contribution is -2.40. The fourth-order valence-electron chi connectivity index (χ4n) is 2.52. The average molecular weight is 342 g/mol. The number of allylic oxidation sites excluding steroid dienone is 1. The molecule has 4 atom stereocenters. The highest BCUT2D eigenvalue weighted by molar-refractivity contribution is 5.67. The normalized spacial score (nSPS) is 16.8. The van der Waals surface area contributed by atoms with Gasteiger partial charge in [0, 0.05) is 18.8 Å². The molecule has 6 heteroatoms. The van der Waals surface area contributed by atoms with Crippen molar-refractivity contribution in [2.45, 2.75) is 53.8 Å². The summed E-state index contributed by atoms with van der Waals surface area (Å²) in [5.74, 6) is -0.899. The molecule has 6 nitrogen and oxygen atoms in total. The zero-order valence-corrected chi connectivity index (χ0v) is 15.4. The molecule has 0 aliphatic rings. The predicted molar refractivity (Wildman–Crippen MR) is 91.1 cm³/mol. The molecule has 0 unspecified atom stereocenters. The van der Waals surface area contributed by atoms with Crippen LogP contribution in [0.5, 0.6) is 0 Å². The van der Waals surface area contributed by atoms with Crippen molar-refractivity contribution in [2.24, 2.45) is 17.8 Å². The number of hydrogen-bond donors (Lipinski definition) is 1. The van der Waals surface area contributed by atoms with Gasteiger partial charge < -0.3 is 19.3 Å². The minimum atomic E-state index is -0.866. The number of aliphatic hydroxyl groups is 1. The second kappa shape index (κ2) is 10.9. The van der Waals surface area contributed by atoms with Crippen LogP contribution in [0.25, 0.3) is 0 Å². The molecule has 0 fully saturated rings. The van der Waals surface area contributed by atoms with Crippen LogP contribution in [0.2, 0.25) is 0 Å². The molecule has 0 aliphatic heterocycles. The first-order valence-electron chi connectivity index (χ1n) is 8.12. The van der Waals surface area contributed by atoms with Gasteiger partial charge in [-0.2, -0.15) is 0 Å². The van der Waals surface area contributed by atoms with Crippen LogP contribution >= 0.6 is 0 Å². The molecule has 0 rings (SSSR count). The monoisotopic (exact) mass is 342 g/mol. The summed E-state index contributed by atoms with van der Waals surface area (Å²) >= 11 is 0. The molecule has 0 bridgehead atoms. The molecule has 0 aromatic heterocycles. The Hall–Kier alpha value is -1.82. The summed E-state index contributed by atoms with van der Waals surface area (Å²) in [4.78, 5) is 22.9. The van der Waals surface area contributed by atoms with E-state index in [9.17, 15) is 14.7 Å². The quantitative estimate of drug-likeness (QED) is 0.393. The standard InChI is InChI=1S/C18H30O6/c1-8-10-22-18(21)24-17(11(3)4)13(6)16(20)12(5)15(9-2)23-14(7)19/h8-9,11-13,16-17,20H,1,10H2,2-7H3/b15-9-/t12-,13-,16-,17+/m1/s1. The lowest BCUT2D eigenvalue weighted by atomic mass is 9.84. The van der Waals surface area contributed by atoms with Gasteiger partial charge in [-0.15, -0.1) is 0 Å². The lowest BCUT2D eigenvalue weighted by molar-refractivity contribution is -0.138. The molecule has 0 heterocycles. The van der Waals surface area contributed by atoms with Gasteiger partial charge in [-0.05, 0) is 18.9 Å². The zero-order valence-electron chi connectivity index (χ0n) is 15.4. The maximum absolute atomic E-state index is 11.7. The second-order valence-corrected chi connectivity index (χ2v) is 6.10. The summed E-state index contributed by atoms with van der Waals surface area (Å²) in [5, 5.41) is 10.6. The number of rotatable bonds is 9. The van der Waals surface area contributed by atoms with Gasteiger partial charge in [0.2, 0.25) is 0 Å². The molecular weight excluding hydrogens is 312 g/mol. The first-order valence-corrected chi connectivity index (χ1v) is 8.12. The van der Waals surface area contributed by atoms with Gasteiger partial charge in [0.25, 0.3) is 0 Å². The SMILES string of the molecule is C=CCOC(=O)O[C@@H](C(C)C)[C@H](C)[C@H](O)[C@H](C)/C(=C/C)OC(C)=O. The van der Waals surface area contributed by atoms with Gasteiger partial charge in [0.1, 0.15) is 18.5 Å². The van der Waals surface area contributed by atoms with Gasteiger partial charge in [-0.1, -0.05) is 40.3 Å². The van der Waals surface area contributed by atoms with Crippen molar-refractivity contribution in [3.8, 4) is 0 Å². The van der Waals surface area contributed by atoms with Crippen LogP contribution in [0.3, 0.4) is 0 Å².